The van der Waals surface area contributed by atoms with Gasteiger partial charge in [0.2, 0.25) is 0 Å². The molecule has 1 aliphatic rings. The van der Waals surface area contributed by atoms with Gasteiger partial charge in [-0.3, -0.25) is 4.79 Å². The largest absolute Gasteiger partial charge is 0.479 e. The number of carboxylic acid groups (broad SMARTS) is 1. The molecule has 6 heteroatoms. The Bertz CT molecular complexity index is 550. The fourth-order valence-corrected chi connectivity index (χ4v) is 2.67. The van der Waals surface area contributed by atoms with Gasteiger partial charge in [-0.2, -0.15) is 0 Å². The second-order valence-corrected chi connectivity index (χ2v) is 5.90. The van der Waals surface area contributed by atoms with Gasteiger partial charge in [0.05, 0.1) is 0 Å². The number of amides is 1. The first-order valence-electron chi connectivity index (χ1n) is 6.35. The molecule has 0 aromatic heterocycles. The summed E-state index contributed by atoms with van der Waals surface area (Å²) < 4.78 is 0.863. The second-order valence-electron chi connectivity index (χ2n) is 5.04. The smallest absolute Gasteiger partial charge is 0.335 e. The molecule has 1 aliphatic heterocycles. The molecule has 0 unspecified atom stereocenters. The van der Waals surface area contributed by atoms with E-state index in [1.54, 1.807) is 17.0 Å². The maximum Gasteiger partial charge on any atom is 0.335 e. The van der Waals surface area contributed by atoms with Crippen molar-refractivity contribution in [2.75, 3.05) is 13.1 Å². The molecule has 1 heterocycles. The van der Waals surface area contributed by atoms with Crippen LogP contribution in [0.1, 0.15) is 28.8 Å². The molecule has 5 nitrogen and oxygen atoms in total. The molecule has 20 heavy (non-hydrogen) atoms. The maximum atomic E-state index is 12.4. The number of piperidine rings is 1. The molecule has 0 radical (unpaired) electrons. The number of carbonyl (C=O) groups excluding carboxylic acids is 1. The molecule has 1 fully saturated rings. The molecule has 1 aromatic rings. The van der Waals surface area contributed by atoms with Crippen LogP contribution in [0.2, 0.25) is 0 Å². The Labute approximate surface area is 125 Å². The zero-order valence-electron chi connectivity index (χ0n) is 11.1. The van der Waals surface area contributed by atoms with Crippen molar-refractivity contribution in [1.29, 1.82) is 0 Å². The Morgan fingerprint density at radius 2 is 1.90 bits per heavy atom. The van der Waals surface area contributed by atoms with Crippen LogP contribution in [-0.4, -0.2) is 45.7 Å². The summed E-state index contributed by atoms with van der Waals surface area (Å²) in [5, 5.41) is 18.8. The van der Waals surface area contributed by atoms with Crippen molar-refractivity contribution >= 4 is 27.8 Å². The lowest BCUT2D eigenvalue weighted by atomic mass is 9.91. The monoisotopic (exact) mass is 341 g/mol. The third-order valence-electron chi connectivity index (χ3n) is 3.77. The summed E-state index contributed by atoms with van der Waals surface area (Å²) in [6, 6.07) is 5.41. The quantitative estimate of drug-likeness (QED) is 0.859. The zero-order valence-corrected chi connectivity index (χ0v) is 12.7. The minimum atomic E-state index is -1.71. The number of benzene rings is 1. The zero-order chi connectivity index (χ0) is 14.9. The number of carbonyl (C=O) groups is 2. The normalized spacial score (nSPS) is 17.9. The molecular weight excluding hydrogens is 326 g/mol. The third-order valence-corrected chi connectivity index (χ3v) is 4.63. The number of hydrogen-bond donors (Lipinski definition) is 2. The minimum absolute atomic E-state index is 0.0567. The number of aliphatic hydroxyl groups is 1. The van der Waals surface area contributed by atoms with Gasteiger partial charge in [0, 0.05) is 36.0 Å². The summed E-state index contributed by atoms with van der Waals surface area (Å²) in [6.07, 6.45) is 0.113. The number of carboxylic acids is 1. The van der Waals surface area contributed by atoms with Gasteiger partial charge in [0.25, 0.3) is 5.91 Å². The van der Waals surface area contributed by atoms with Crippen molar-refractivity contribution in [2.24, 2.45) is 0 Å². The van der Waals surface area contributed by atoms with Crippen molar-refractivity contribution < 1.29 is 19.8 Å². The molecule has 1 aromatic carbocycles. The molecule has 1 amide bonds. The van der Waals surface area contributed by atoms with Crippen LogP contribution in [0, 0.1) is 6.92 Å². The predicted molar refractivity (Wildman–Crippen MR) is 76.6 cm³/mol. The van der Waals surface area contributed by atoms with Crippen molar-refractivity contribution in [2.45, 2.75) is 25.4 Å². The molecular formula is C14H16BrNO4. The fraction of sp³-hybridized carbons (Fsp3) is 0.429. The second kappa shape index (κ2) is 5.54. The Hall–Kier alpha value is -1.40. The lowest BCUT2D eigenvalue weighted by molar-refractivity contribution is -0.162. The molecule has 2 rings (SSSR count). The van der Waals surface area contributed by atoms with Gasteiger partial charge in [-0.25, -0.2) is 4.79 Å². The molecule has 2 N–H and O–H groups in total. The van der Waals surface area contributed by atoms with Crippen molar-refractivity contribution in [3.63, 3.8) is 0 Å². The van der Waals surface area contributed by atoms with E-state index in [2.05, 4.69) is 15.9 Å². The van der Waals surface area contributed by atoms with Gasteiger partial charge in [-0.05, 0) is 24.6 Å². The van der Waals surface area contributed by atoms with Crippen molar-refractivity contribution in [3.05, 3.63) is 33.8 Å². The van der Waals surface area contributed by atoms with Gasteiger partial charge in [0.15, 0.2) is 5.60 Å². The average molecular weight is 342 g/mol. The summed E-state index contributed by atoms with van der Waals surface area (Å²) in [7, 11) is 0. The molecule has 108 valence electrons. The first-order valence-corrected chi connectivity index (χ1v) is 7.14. The molecule has 0 atom stereocenters. The van der Waals surface area contributed by atoms with E-state index in [1.807, 2.05) is 13.0 Å². The van der Waals surface area contributed by atoms with Crippen molar-refractivity contribution in [3.8, 4) is 0 Å². The topological polar surface area (TPSA) is 77.8 Å². The van der Waals surface area contributed by atoms with E-state index in [9.17, 15) is 14.7 Å². The minimum Gasteiger partial charge on any atom is -0.479 e. The highest BCUT2D eigenvalue weighted by Gasteiger charge is 2.40. The maximum absolute atomic E-state index is 12.4. The van der Waals surface area contributed by atoms with E-state index in [-0.39, 0.29) is 31.8 Å². The van der Waals surface area contributed by atoms with Crippen molar-refractivity contribution in [1.82, 2.24) is 4.90 Å². The Kier molecular flexibility index (Phi) is 4.15. The van der Waals surface area contributed by atoms with Gasteiger partial charge in [-0.15, -0.1) is 0 Å². The average Bonchev–Trinajstić information content (AvgIpc) is 2.42. The molecule has 1 saturated heterocycles. The first kappa shape index (κ1) is 15.0. The lowest BCUT2D eigenvalue weighted by Crippen LogP contribution is -2.50. The number of likely N-dealkylation sites (tertiary alicyclic amines) is 1. The lowest BCUT2D eigenvalue weighted by Gasteiger charge is -2.35. The van der Waals surface area contributed by atoms with Crippen LogP contribution < -0.4 is 0 Å². The van der Waals surface area contributed by atoms with Crippen LogP contribution >= 0.6 is 15.9 Å². The Morgan fingerprint density at radius 1 is 1.30 bits per heavy atom. The van der Waals surface area contributed by atoms with E-state index >= 15 is 0 Å². The Balaban J connectivity index is 2.13. The highest BCUT2D eigenvalue weighted by atomic mass is 79.9. The van der Waals surface area contributed by atoms with Crippen LogP contribution in [0.4, 0.5) is 0 Å². The SMILES string of the molecule is Cc1c(Br)cccc1C(=O)N1CCC(O)(C(=O)O)CC1. The van der Waals surface area contributed by atoms with Crippen LogP contribution in [0.15, 0.2) is 22.7 Å². The van der Waals surface area contributed by atoms with Crippen LogP contribution in [0.25, 0.3) is 0 Å². The summed E-state index contributed by atoms with van der Waals surface area (Å²) in [6.45, 7) is 2.34. The highest BCUT2D eigenvalue weighted by molar-refractivity contribution is 9.10. The summed E-state index contributed by atoms with van der Waals surface area (Å²) in [4.78, 5) is 25.0. The number of nitrogens with zero attached hydrogens (tertiary/aromatic N) is 1. The van der Waals surface area contributed by atoms with E-state index in [0.29, 0.717) is 5.56 Å². The number of halogens is 1. The first-order chi connectivity index (χ1) is 9.35. The molecule has 0 bridgehead atoms. The predicted octanol–water partition coefficient (Wildman–Crippen LogP) is 1.81. The number of hydrogen-bond acceptors (Lipinski definition) is 3. The van der Waals surface area contributed by atoms with Gasteiger partial charge in [-0.1, -0.05) is 22.0 Å². The summed E-state index contributed by atoms with van der Waals surface area (Å²) in [5.74, 6) is -1.35. The third kappa shape index (κ3) is 2.71. The number of aliphatic carboxylic acids is 1. The number of rotatable bonds is 2. The Morgan fingerprint density at radius 3 is 2.45 bits per heavy atom. The van der Waals surface area contributed by atoms with Crippen LogP contribution in [-0.2, 0) is 4.79 Å². The van der Waals surface area contributed by atoms with E-state index in [0.717, 1.165) is 10.0 Å². The molecule has 0 aliphatic carbocycles. The van der Waals surface area contributed by atoms with Gasteiger partial charge < -0.3 is 15.1 Å². The summed E-state index contributed by atoms with van der Waals surface area (Å²) in [5.41, 5.74) is -0.250. The highest BCUT2D eigenvalue weighted by Crippen LogP contribution is 2.26. The van der Waals surface area contributed by atoms with Crippen LogP contribution in [0.3, 0.4) is 0 Å². The summed E-state index contributed by atoms with van der Waals surface area (Å²) >= 11 is 3.39. The standard InChI is InChI=1S/C14H16BrNO4/c1-9-10(3-2-4-11(9)15)12(17)16-7-5-14(20,6-8-16)13(18)19/h2-4,20H,5-8H2,1H3,(H,18,19). The fourth-order valence-electron chi connectivity index (χ4n) is 2.30. The van der Waals surface area contributed by atoms with E-state index < -0.39 is 11.6 Å². The van der Waals surface area contributed by atoms with Crippen LogP contribution in [0.5, 0.6) is 0 Å². The van der Waals surface area contributed by atoms with Gasteiger partial charge >= 0.3 is 5.97 Å². The van der Waals surface area contributed by atoms with Gasteiger partial charge in [0.1, 0.15) is 0 Å². The van der Waals surface area contributed by atoms with E-state index in [4.69, 9.17) is 5.11 Å². The molecule has 0 spiro atoms. The van der Waals surface area contributed by atoms with E-state index in [1.165, 1.54) is 0 Å². The molecule has 0 saturated carbocycles.